The zero-order valence-electron chi connectivity index (χ0n) is 21.1. The first-order valence-corrected chi connectivity index (χ1v) is 12.8. The van der Waals surface area contributed by atoms with Gasteiger partial charge in [-0.3, -0.25) is 10.1 Å². The van der Waals surface area contributed by atoms with Crippen molar-refractivity contribution in [3.05, 3.63) is 90.5 Å². The minimum Gasteiger partial charge on any atom is -0.358 e. The van der Waals surface area contributed by atoms with E-state index in [1.165, 1.54) is 0 Å². The molecule has 0 saturated heterocycles. The summed E-state index contributed by atoms with van der Waals surface area (Å²) in [5, 5.41) is 12.5. The number of anilines is 1. The molecular weight excluding hydrogens is 494 g/mol. The molecule has 0 bridgehead atoms. The molecule has 6 aromatic rings. The zero-order chi connectivity index (χ0) is 26.2. The topological polar surface area (TPSA) is 95.2 Å². The normalized spacial score (nSPS) is 11.5. The molecule has 0 aliphatic rings. The van der Waals surface area contributed by atoms with Gasteiger partial charge in [0.1, 0.15) is 5.69 Å². The number of fused-ring (bicyclic) bond motifs is 2. The summed E-state index contributed by atoms with van der Waals surface area (Å²) in [4.78, 5) is 17.4. The Morgan fingerprint density at radius 1 is 1.00 bits per heavy atom. The minimum atomic E-state index is 0.525. The molecule has 0 spiro atoms. The number of benzene rings is 2. The summed E-state index contributed by atoms with van der Waals surface area (Å²) >= 11 is 6.26. The van der Waals surface area contributed by atoms with E-state index in [0.29, 0.717) is 28.1 Å². The van der Waals surface area contributed by atoms with Crippen LogP contribution in [0.4, 0.5) is 5.69 Å². The van der Waals surface area contributed by atoms with Crippen molar-refractivity contribution in [2.45, 2.75) is 20.3 Å². The van der Waals surface area contributed by atoms with Gasteiger partial charge < -0.3 is 10.3 Å². The number of nitrogens with one attached hydrogen (secondary N) is 3. The number of pyridine rings is 2. The lowest BCUT2D eigenvalue weighted by atomic mass is 10.0. The fraction of sp³-hybridized carbons (Fsp3) is 0.133. The minimum absolute atomic E-state index is 0.525. The predicted molar refractivity (Wildman–Crippen MR) is 155 cm³/mol. The number of nitrogens with zero attached hydrogens (tertiary/aromatic N) is 4. The summed E-state index contributed by atoms with van der Waals surface area (Å²) in [6.07, 6.45) is 6.35. The van der Waals surface area contributed by atoms with Crippen LogP contribution < -0.4 is 5.32 Å². The predicted octanol–water partition coefficient (Wildman–Crippen LogP) is 7.86. The van der Waals surface area contributed by atoms with Crippen molar-refractivity contribution < 1.29 is 0 Å². The van der Waals surface area contributed by atoms with E-state index in [0.717, 1.165) is 56.5 Å². The first-order chi connectivity index (χ1) is 18.4. The summed E-state index contributed by atoms with van der Waals surface area (Å²) < 4.78 is 0. The summed E-state index contributed by atoms with van der Waals surface area (Å²) in [5.41, 5.74) is 8.91. The molecule has 0 amide bonds. The van der Waals surface area contributed by atoms with E-state index < -0.39 is 0 Å². The molecular formula is C30H26ClN7. The molecule has 0 atom stereocenters. The van der Waals surface area contributed by atoms with E-state index in [9.17, 15) is 0 Å². The number of imidazole rings is 1. The Morgan fingerprint density at radius 3 is 2.68 bits per heavy atom. The van der Waals surface area contributed by atoms with Crippen LogP contribution in [0.25, 0.3) is 55.8 Å². The van der Waals surface area contributed by atoms with Crippen LogP contribution in [-0.2, 0) is 0 Å². The lowest BCUT2D eigenvalue weighted by molar-refractivity contribution is 0.645. The number of allylic oxidation sites excluding steroid dienone is 1. The highest BCUT2D eigenvalue weighted by molar-refractivity contribution is 6.30. The van der Waals surface area contributed by atoms with E-state index in [4.69, 9.17) is 16.6 Å². The van der Waals surface area contributed by atoms with Gasteiger partial charge in [-0.15, -0.1) is 0 Å². The molecule has 4 heterocycles. The van der Waals surface area contributed by atoms with E-state index in [-0.39, 0.29) is 0 Å². The van der Waals surface area contributed by atoms with Gasteiger partial charge in [-0.2, -0.15) is 5.10 Å². The van der Waals surface area contributed by atoms with Crippen LogP contribution in [0.3, 0.4) is 0 Å². The Hall–Kier alpha value is -4.49. The van der Waals surface area contributed by atoms with Crippen LogP contribution in [-0.4, -0.2) is 30.1 Å². The third-order valence-electron chi connectivity index (χ3n) is 6.34. The molecule has 0 aliphatic heterocycles. The fourth-order valence-electron chi connectivity index (χ4n) is 4.69. The number of aromatic nitrogens is 6. The van der Waals surface area contributed by atoms with Gasteiger partial charge in [0.15, 0.2) is 11.5 Å². The van der Waals surface area contributed by atoms with Gasteiger partial charge in [-0.1, -0.05) is 56.3 Å². The van der Waals surface area contributed by atoms with Crippen molar-refractivity contribution in [3.63, 3.8) is 0 Å². The summed E-state index contributed by atoms with van der Waals surface area (Å²) in [6, 6.07) is 18.0. The van der Waals surface area contributed by atoms with Crippen LogP contribution in [0.2, 0.25) is 5.02 Å². The third kappa shape index (κ3) is 4.64. The number of aromatic amines is 2. The van der Waals surface area contributed by atoms with Crippen LogP contribution in [0.5, 0.6) is 0 Å². The molecule has 0 radical (unpaired) electrons. The van der Waals surface area contributed by atoms with Crippen molar-refractivity contribution in [2.24, 2.45) is 5.92 Å². The molecule has 2 aromatic carbocycles. The van der Waals surface area contributed by atoms with Gasteiger partial charge in [0, 0.05) is 39.8 Å². The Morgan fingerprint density at radius 2 is 1.84 bits per heavy atom. The Labute approximate surface area is 225 Å². The average Bonchev–Trinajstić information content (AvgIpc) is 3.52. The zero-order valence-corrected chi connectivity index (χ0v) is 21.8. The molecule has 38 heavy (non-hydrogen) atoms. The van der Waals surface area contributed by atoms with Crippen molar-refractivity contribution in [2.75, 3.05) is 5.32 Å². The molecule has 0 saturated carbocycles. The number of rotatable bonds is 7. The number of H-pyrrole nitrogens is 2. The maximum Gasteiger partial charge on any atom is 0.159 e. The summed E-state index contributed by atoms with van der Waals surface area (Å²) in [7, 11) is 0. The van der Waals surface area contributed by atoms with Crippen LogP contribution in [0.15, 0.2) is 85.5 Å². The molecule has 0 unspecified atom stereocenters. The first-order valence-electron chi connectivity index (χ1n) is 12.4. The van der Waals surface area contributed by atoms with Gasteiger partial charge in [-0.05, 0) is 48.2 Å². The molecule has 0 fully saturated rings. The molecule has 3 N–H and O–H groups in total. The number of halogens is 1. The van der Waals surface area contributed by atoms with Crippen molar-refractivity contribution in [3.8, 4) is 33.8 Å². The van der Waals surface area contributed by atoms with E-state index in [1.807, 2.05) is 54.9 Å². The quantitative estimate of drug-likeness (QED) is 0.199. The second-order valence-corrected chi connectivity index (χ2v) is 10.2. The van der Waals surface area contributed by atoms with Crippen LogP contribution in [0, 0.1) is 5.92 Å². The smallest absolute Gasteiger partial charge is 0.159 e. The SMILES string of the molecule is C=C(CC(C)C)Nc1cncc(-c2cnc3[nH]nc(-c4nc5c(-c6cccc(Cl)c6)cccc5[nH]4)c3c2)c1. The largest absolute Gasteiger partial charge is 0.358 e. The fourth-order valence-corrected chi connectivity index (χ4v) is 4.88. The van der Waals surface area contributed by atoms with Crippen LogP contribution in [0.1, 0.15) is 20.3 Å². The molecule has 7 nitrogen and oxygen atoms in total. The Balaban J connectivity index is 1.38. The third-order valence-corrected chi connectivity index (χ3v) is 6.57. The van der Waals surface area contributed by atoms with Gasteiger partial charge in [0.05, 0.1) is 28.3 Å². The molecule has 4 aromatic heterocycles. The number of hydrogen-bond donors (Lipinski definition) is 3. The highest BCUT2D eigenvalue weighted by Gasteiger charge is 2.17. The maximum atomic E-state index is 6.26. The van der Waals surface area contributed by atoms with Gasteiger partial charge in [0.25, 0.3) is 0 Å². The standard InChI is InChI=1S/C30H26ClN7/c1-17(2)10-18(3)34-23-12-20(14-32-16-23)21-13-25-28(37-38-29(25)33-15-21)30-35-26-9-5-8-24(27(26)36-30)19-6-4-7-22(31)11-19/h4-9,11-17,34H,3,10H2,1-2H3,(H,35,36)(H,33,37,38). The second-order valence-electron chi connectivity index (χ2n) is 9.78. The van der Waals surface area contributed by atoms with Crippen molar-refractivity contribution in [1.82, 2.24) is 30.1 Å². The molecule has 8 heteroatoms. The van der Waals surface area contributed by atoms with Crippen LogP contribution >= 0.6 is 11.6 Å². The number of para-hydroxylation sites is 1. The lowest BCUT2D eigenvalue weighted by Crippen LogP contribution is -2.02. The van der Waals surface area contributed by atoms with Gasteiger partial charge in [-0.25, -0.2) is 9.97 Å². The lowest BCUT2D eigenvalue weighted by Gasteiger charge is -2.12. The monoisotopic (exact) mass is 519 g/mol. The first kappa shape index (κ1) is 23.9. The molecule has 6 rings (SSSR count). The van der Waals surface area contributed by atoms with E-state index in [1.54, 1.807) is 6.20 Å². The second kappa shape index (κ2) is 9.76. The maximum absolute atomic E-state index is 6.26. The molecule has 0 aliphatic carbocycles. The number of hydrogen-bond acceptors (Lipinski definition) is 5. The molecule has 188 valence electrons. The average molecular weight is 520 g/mol. The van der Waals surface area contributed by atoms with Gasteiger partial charge in [0.2, 0.25) is 0 Å². The summed E-state index contributed by atoms with van der Waals surface area (Å²) in [6.45, 7) is 8.48. The Kier molecular flexibility index (Phi) is 6.13. The van der Waals surface area contributed by atoms with E-state index in [2.05, 4.69) is 63.0 Å². The highest BCUT2D eigenvalue weighted by Crippen LogP contribution is 2.33. The van der Waals surface area contributed by atoms with E-state index >= 15 is 0 Å². The van der Waals surface area contributed by atoms with Gasteiger partial charge >= 0.3 is 0 Å². The highest BCUT2D eigenvalue weighted by atomic mass is 35.5. The van der Waals surface area contributed by atoms with Crippen molar-refractivity contribution in [1.29, 1.82) is 0 Å². The van der Waals surface area contributed by atoms with Crippen molar-refractivity contribution >= 4 is 39.4 Å². The summed E-state index contributed by atoms with van der Waals surface area (Å²) in [5.74, 6) is 1.19. The Bertz CT molecular complexity index is 1800.